The molecule has 1 fully saturated rings. The Morgan fingerprint density at radius 2 is 1.57 bits per heavy atom. The van der Waals surface area contributed by atoms with Crippen molar-refractivity contribution in [2.75, 3.05) is 62.3 Å². The average Bonchev–Trinajstić information content (AvgIpc) is 3.06. The van der Waals surface area contributed by atoms with Crippen molar-refractivity contribution in [3.63, 3.8) is 0 Å². The van der Waals surface area contributed by atoms with Gasteiger partial charge in [-0.25, -0.2) is 0 Å². The molecular weight excluding hydrogens is 504 g/mol. The summed E-state index contributed by atoms with van der Waals surface area (Å²) >= 11 is 5.43. The molecule has 1 aliphatic rings. The van der Waals surface area contributed by atoms with E-state index >= 15 is 0 Å². The Labute approximate surface area is 222 Å². The van der Waals surface area contributed by atoms with Gasteiger partial charge in [0, 0.05) is 64.2 Å². The van der Waals surface area contributed by atoms with Crippen molar-refractivity contribution in [3.05, 3.63) is 0 Å². The van der Waals surface area contributed by atoms with Gasteiger partial charge in [0.05, 0.1) is 13.1 Å². The molecule has 204 valence electrons. The molecule has 0 spiro atoms. The minimum Gasteiger partial charge on any atom is -0.354 e. The summed E-state index contributed by atoms with van der Waals surface area (Å²) in [6, 6.07) is 0. The van der Waals surface area contributed by atoms with Crippen LogP contribution in [0.2, 0.25) is 0 Å². The lowest BCUT2D eigenvalue weighted by atomic mass is 9.89. The Bertz CT molecular complexity index is 774. The molecule has 0 aromatic carbocycles. The van der Waals surface area contributed by atoms with Gasteiger partial charge in [0.2, 0.25) is 11.8 Å². The minimum atomic E-state index is -0.979. The molecule has 0 aromatic heterocycles. The summed E-state index contributed by atoms with van der Waals surface area (Å²) < 4.78 is 25.0. The lowest BCUT2D eigenvalue weighted by Gasteiger charge is -2.30. The summed E-state index contributed by atoms with van der Waals surface area (Å²) in [6.45, 7) is 15.4. The normalized spacial score (nSPS) is 16.6. The quantitative estimate of drug-likeness (QED) is 0.252. The Morgan fingerprint density at radius 3 is 2.09 bits per heavy atom. The Balaban J connectivity index is 2.27. The molecule has 0 aromatic rings. The first-order valence-electron chi connectivity index (χ1n) is 12.6. The lowest BCUT2D eigenvalue weighted by Crippen LogP contribution is -2.40. The zero-order valence-electron chi connectivity index (χ0n) is 22.4. The van der Waals surface area contributed by atoms with E-state index in [1.54, 1.807) is 4.90 Å². The molecule has 8 nitrogen and oxygen atoms in total. The number of amides is 2. The van der Waals surface area contributed by atoms with E-state index in [0.717, 1.165) is 25.9 Å². The van der Waals surface area contributed by atoms with Gasteiger partial charge in [-0.15, -0.1) is 0 Å². The van der Waals surface area contributed by atoms with Gasteiger partial charge in [0.15, 0.2) is 5.11 Å². The fourth-order valence-electron chi connectivity index (χ4n) is 3.60. The molecule has 0 bridgehead atoms. The highest BCUT2D eigenvalue weighted by Gasteiger charge is 2.35. The predicted molar refractivity (Wildman–Crippen MR) is 150 cm³/mol. The second kappa shape index (κ2) is 15.4. The number of carbonyl (C=O) groups excluding carboxylic acids is 2. The van der Waals surface area contributed by atoms with Crippen LogP contribution in [0, 0.1) is 10.8 Å². The van der Waals surface area contributed by atoms with Crippen molar-refractivity contribution in [1.29, 1.82) is 0 Å². The highest BCUT2D eigenvalue weighted by atomic mass is 32.2. The third-order valence-corrected chi connectivity index (χ3v) is 9.44. The first-order chi connectivity index (χ1) is 16.3. The van der Waals surface area contributed by atoms with Crippen LogP contribution in [0.5, 0.6) is 0 Å². The molecule has 0 aliphatic carbocycles. The summed E-state index contributed by atoms with van der Waals surface area (Å²) in [4.78, 5) is 27.6. The number of nitrogens with one attached hydrogen (secondary N) is 2. The number of rotatable bonds is 18. The minimum absolute atomic E-state index is 0.0237. The number of likely N-dealkylation sites (N-methyl/N-ethyl adjacent to an activating group) is 2. The van der Waals surface area contributed by atoms with Gasteiger partial charge in [-0.2, -0.15) is 0 Å². The van der Waals surface area contributed by atoms with Crippen LogP contribution in [0.25, 0.3) is 0 Å². The fraction of sp³-hybridized carbons (Fsp3) is 0.875. The average molecular weight is 551 g/mol. The summed E-state index contributed by atoms with van der Waals surface area (Å²) in [5.41, 5.74) is -0.311. The molecule has 11 heteroatoms. The maximum absolute atomic E-state index is 12.5. The lowest BCUT2D eigenvalue weighted by molar-refractivity contribution is -0.126. The van der Waals surface area contributed by atoms with E-state index in [2.05, 4.69) is 38.3 Å². The van der Waals surface area contributed by atoms with E-state index in [9.17, 15) is 18.0 Å². The van der Waals surface area contributed by atoms with Crippen molar-refractivity contribution in [3.8, 4) is 0 Å². The molecule has 1 heterocycles. The van der Waals surface area contributed by atoms with Gasteiger partial charge < -0.3 is 15.5 Å². The number of hydrogen-bond acceptors (Lipinski definition) is 6. The van der Waals surface area contributed by atoms with Crippen molar-refractivity contribution in [2.24, 2.45) is 10.8 Å². The SMILES string of the molecule is CCNCC(=O)NCC(C)(C)CCS(=O)CCCS(=O)CCC(C)(C)CN1C(=O)CN(CC)C1=S. The van der Waals surface area contributed by atoms with E-state index < -0.39 is 21.6 Å². The van der Waals surface area contributed by atoms with Crippen LogP contribution in [-0.2, 0) is 31.2 Å². The van der Waals surface area contributed by atoms with E-state index in [1.165, 1.54) is 0 Å². The maximum Gasteiger partial charge on any atom is 0.248 e. The van der Waals surface area contributed by atoms with Crippen LogP contribution in [0.4, 0.5) is 0 Å². The van der Waals surface area contributed by atoms with E-state index in [-0.39, 0.29) is 22.6 Å². The Morgan fingerprint density at radius 1 is 1.00 bits per heavy atom. The molecule has 1 rings (SSSR count). The topological polar surface area (TPSA) is 98.8 Å². The molecule has 1 saturated heterocycles. The summed E-state index contributed by atoms with van der Waals surface area (Å²) in [5.74, 6) is 2.23. The van der Waals surface area contributed by atoms with Crippen LogP contribution in [-0.4, -0.2) is 97.4 Å². The van der Waals surface area contributed by atoms with Crippen LogP contribution in [0.1, 0.15) is 60.8 Å². The zero-order valence-corrected chi connectivity index (χ0v) is 24.9. The molecular formula is C24H46N4O4S3. The van der Waals surface area contributed by atoms with E-state index in [1.807, 2.05) is 18.7 Å². The van der Waals surface area contributed by atoms with Gasteiger partial charge in [-0.1, -0.05) is 34.6 Å². The van der Waals surface area contributed by atoms with Gasteiger partial charge in [0.1, 0.15) is 0 Å². The molecule has 0 saturated carbocycles. The van der Waals surface area contributed by atoms with Gasteiger partial charge >= 0.3 is 0 Å². The number of hydrogen-bond donors (Lipinski definition) is 2. The summed E-state index contributed by atoms with van der Waals surface area (Å²) in [6.07, 6.45) is 2.15. The van der Waals surface area contributed by atoms with Gasteiger partial charge in [-0.05, 0) is 55.8 Å². The largest absolute Gasteiger partial charge is 0.354 e. The smallest absolute Gasteiger partial charge is 0.248 e. The molecule has 2 amide bonds. The molecule has 2 N–H and O–H groups in total. The second-order valence-electron chi connectivity index (χ2n) is 10.7. The maximum atomic E-state index is 12.5. The monoisotopic (exact) mass is 550 g/mol. The predicted octanol–water partition coefficient (Wildman–Crippen LogP) is 1.88. The third-order valence-electron chi connectivity index (χ3n) is 6.15. The molecule has 35 heavy (non-hydrogen) atoms. The molecule has 2 unspecified atom stereocenters. The number of nitrogens with zero attached hydrogens (tertiary/aromatic N) is 2. The van der Waals surface area contributed by atoms with Crippen molar-refractivity contribution < 1.29 is 18.0 Å². The molecule has 2 atom stereocenters. The zero-order chi connectivity index (χ0) is 26.6. The first-order valence-corrected chi connectivity index (χ1v) is 16.0. The number of thiocarbonyl (C=S) groups is 1. The van der Waals surface area contributed by atoms with Crippen molar-refractivity contribution in [1.82, 2.24) is 20.4 Å². The standard InChI is InChI=1S/C24H46N4O4S3/c1-7-25-16-20(29)26-18-23(3,4)10-14-34(31)12-9-13-35(32)15-11-24(5,6)19-28-21(30)17-27(8-2)22(28)33/h25H,7-19H2,1-6H3,(H,26,29). The van der Waals surface area contributed by atoms with Gasteiger partial charge in [-0.3, -0.25) is 22.9 Å². The third kappa shape index (κ3) is 12.7. The van der Waals surface area contributed by atoms with E-state index in [4.69, 9.17) is 12.2 Å². The van der Waals surface area contributed by atoms with Crippen molar-refractivity contribution in [2.45, 2.75) is 60.8 Å². The highest BCUT2D eigenvalue weighted by Crippen LogP contribution is 2.25. The highest BCUT2D eigenvalue weighted by molar-refractivity contribution is 7.85. The van der Waals surface area contributed by atoms with Crippen LogP contribution in [0.3, 0.4) is 0 Å². The van der Waals surface area contributed by atoms with Crippen molar-refractivity contribution >= 4 is 50.7 Å². The van der Waals surface area contributed by atoms with E-state index in [0.29, 0.717) is 60.7 Å². The second-order valence-corrected chi connectivity index (χ2v) is 14.5. The Hall–Kier alpha value is -0.910. The van der Waals surface area contributed by atoms with Crippen LogP contribution < -0.4 is 10.6 Å². The number of carbonyl (C=O) groups is 2. The first kappa shape index (κ1) is 32.1. The van der Waals surface area contributed by atoms with Gasteiger partial charge in [0.25, 0.3) is 0 Å². The molecule has 1 aliphatic heterocycles. The summed E-state index contributed by atoms with van der Waals surface area (Å²) in [7, 11) is -1.94. The molecule has 0 radical (unpaired) electrons. The summed E-state index contributed by atoms with van der Waals surface area (Å²) in [5, 5.41) is 6.52. The van der Waals surface area contributed by atoms with Crippen LogP contribution >= 0.6 is 12.2 Å². The Kier molecular flexibility index (Phi) is 14.1. The van der Waals surface area contributed by atoms with Crippen LogP contribution in [0.15, 0.2) is 0 Å². The fourth-order valence-corrected chi connectivity index (χ4v) is 7.04.